The van der Waals surface area contributed by atoms with Crippen molar-refractivity contribution in [2.24, 2.45) is 0 Å². The first kappa shape index (κ1) is 24.6. The molecule has 0 aliphatic carbocycles. The molecule has 1 aliphatic heterocycles. The number of rotatable bonds is 6. The van der Waals surface area contributed by atoms with Gasteiger partial charge in [-0.25, -0.2) is 9.69 Å². The zero-order valence-electron chi connectivity index (χ0n) is 18.2. The number of barbiturate groups is 1. The monoisotopic (exact) mass is 530 g/mol. The van der Waals surface area contributed by atoms with Gasteiger partial charge in [-0.3, -0.25) is 14.9 Å². The number of imide groups is 2. The number of carbonyl (C=O) groups is 3. The Labute approximate surface area is 215 Å². The van der Waals surface area contributed by atoms with E-state index in [4.69, 9.17) is 44.3 Å². The van der Waals surface area contributed by atoms with Crippen molar-refractivity contribution in [3.8, 4) is 11.5 Å². The van der Waals surface area contributed by atoms with Gasteiger partial charge < -0.3 is 9.47 Å². The molecule has 1 heterocycles. The first-order chi connectivity index (χ1) is 16.8. The molecule has 0 atom stereocenters. The summed E-state index contributed by atoms with van der Waals surface area (Å²) in [4.78, 5) is 38.8. The average Bonchev–Trinajstić information content (AvgIpc) is 2.82. The minimum absolute atomic E-state index is 0.185. The lowest BCUT2D eigenvalue weighted by Crippen LogP contribution is -2.54. The van der Waals surface area contributed by atoms with Gasteiger partial charge in [-0.2, -0.15) is 0 Å². The van der Waals surface area contributed by atoms with Crippen LogP contribution in [0, 0.1) is 0 Å². The Balaban J connectivity index is 1.59. The van der Waals surface area contributed by atoms with E-state index in [9.17, 15) is 14.4 Å². The van der Waals surface area contributed by atoms with Crippen molar-refractivity contribution in [3.63, 3.8) is 0 Å². The molecule has 1 saturated heterocycles. The fraction of sp³-hybridized carbons (Fsp3) is 0.0800. The Kier molecular flexibility index (Phi) is 7.31. The molecule has 3 aromatic carbocycles. The van der Waals surface area contributed by atoms with E-state index in [0.717, 1.165) is 10.5 Å². The SMILES string of the molecule is COc1ccc(N2C(=O)NC(=O)/C(=C\c3cc(Cl)c(OCc4ccc(Cl)cc4)c(Cl)c3)C2=O)cc1. The summed E-state index contributed by atoms with van der Waals surface area (Å²) in [5.74, 6) is -0.827. The highest BCUT2D eigenvalue weighted by Gasteiger charge is 2.36. The van der Waals surface area contributed by atoms with Crippen molar-refractivity contribution >= 4 is 64.4 Å². The molecule has 1 aliphatic rings. The van der Waals surface area contributed by atoms with Crippen LogP contribution in [-0.2, 0) is 16.2 Å². The van der Waals surface area contributed by atoms with E-state index in [-0.39, 0.29) is 33.7 Å². The number of amides is 4. The highest BCUT2D eigenvalue weighted by molar-refractivity contribution is 6.40. The summed E-state index contributed by atoms with van der Waals surface area (Å²) < 4.78 is 10.8. The van der Waals surface area contributed by atoms with Gasteiger partial charge in [-0.15, -0.1) is 0 Å². The number of urea groups is 1. The van der Waals surface area contributed by atoms with Gasteiger partial charge in [-0.05, 0) is 65.7 Å². The third-order valence-electron chi connectivity index (χ3n) is 5.06. The first-order valence-electron chi connectivity index (χ1n) is 10.2. The van der Waals surface area contributed by atoms with E-state index < -0.39 is 17.8 Å². The standard InChI is InChI=1S/C25H17Cl3N2O5/c1-34-18-8-6-17(7-9-18)30-24(32)19(23(31)29-25(30)33)10-15-11-20(27)22(21(28)12-15)35-13-14-2-4-16(26)5-3-14/h2-12H,13H2,1H3,(H,29,31,33)/b19-10+. The van der Waals surface area contributed by atoms with Gasteiger partial charge in [0.25, 0.3) is 11.8 Å². The third kappa shape index (κ3) is 5.43. The summed E-state index contributed by atoms with van der Waals surface area (Å²) in [6, 6.07) is 15.5. The maximum atomic E-state index is 13.1. The van der Waals surface area contributed by atoms with Gasteiger partial charge in [-0.1, -0.05) is 46.9 Å². The number of halogens is 3. The van der Waals surface area contributed by atoms with Crippen LogP contribution in [0.25, 0.3) is 6.08 Å². The number of carbonyl (C=O) groups excluding carboxylic acids is 3. The van der Waals surface area contributed by atoms with Crippen molar-refractivity contribution in [3.05, 3.63) is 92.4 Å². The summed E-state index contributed by atoms with van der Waals surface area (Å²) in [6.07, 6.45) is 1.31. The van der Waals surface area contributed by atoms with Crippen LogP contribution in [0.15, 0.2) is 66.2 Å². The molecule has 1 N–H and O–H groups in total. The Hall–Kier alpha value is -3.52. The lowest BCUT2D eigenvalue weighted by Gasteiger charge is -2.26. The molecule has 4 rings (SSSR count). The maximum Gasteiger partial charge on any atom is 0.335 e. The Bertz CT molecular complexity index is 1320. The number of anilines is 1. The molecule has 0 unspecified atom stereocenters. The highest BCUT2D eigenvalue weighted by atomic mass is 35.5. The first-order valence-corrected chi connectivity index (χ1v) is 11.3. The lowest BCUT2D eigenvalue weighted by atomic mass is 10.1. The molecule has 7 nitrogen and oxygen atoms in total. The number of hydrogen-bond acceptors (Lipinski definition) is 5. The van der Waals surface area contributed by atoms with Crippen molar-refractivity contribution in [1.29, 1.82) is 0 Å². The smallest absolute Gasteiger partial charge is 0.335 e. The van der Waals surface area contributed by atoms with Gasteiger partial charge in [0.05, 0.1) is 22.8 Å². The van der Waals surface area contributed by atoms with Crippen LogP contribution < -0.4 is 19.7 Å². The molecule has 0 saturated carbocycles. The normalized spacial score (nSPS) is 14.8. The van der Waals surface area contributed by atoms with Crippen molar-refractivity contribution in [1.82, 2.24) is 5.32 Å². The molecule has 0 spiro atoms. The Morgan fingerprint density at radius 2 is 1.54 bits per heavy atom. The molecule has 1 fully saturated rings. The van der Waals surface area contributed by atoms with Crippen LogP contribution in [-0.4, -0.2) is 25.0 Å². The topological polar surface area (TPSA) is 84.9 Å². The molecule has 0 aromatic heterocycles. The number of ether oxygens (including phenoxy) is 2. The molecule has 35 heavy (non-hydrogen) atoms. The summed E-state index contributed by atoms with van der Waals surface area (Å²) in [7, 11) is 1.50. The Morgan fingerprint density at radius 1 is 0.914 bits per heavy atom. The quantitative estimate of drug-likeness (QED) is 0.316. The second-order valence-electron chi connectivity index (χ2n) is 7.38. The van der Waals surface area contributed by atoms with E-state index in [2.05, 4.69) is 5.32 Å². The van der Waals surface area contributed by atoms with Crippen LogP contribution in [0.1, 0.15) is 11.1 Å². The van der Waals surface area contributed by atoms with Gasteiger partial charge >= 0.3 is 6.03 Å². The number of benzene rings is 3. The summed E-state index contributed by atoms with van der Waals surface area (Å²) in [5.41, 5.74) is 1.25. The molecular weight excluding hydrogens is 515 g/mol. The molecular formula is C25H17Cl3N2O5. The van der Waals surface area contributed by atoms with Crippen LogP contribution >= 0.6 is 34.8 Å². The van der Waals surface area contributed by atoms with Crippen LogP contribution in [0.5, 0.6) is 11.5 Å². The second-order valence-corrected chi connectivity index (χ2v) is 8.64. The predicted octanol–water partition coefficient (Wildman–Crippen LogP) is 5.90. The zero-order chi connectivity index (χ0) is 25.1. The Morgan fingerprint density at radius 3 is 2.14 bits per heavy atom. The van der Waals surface area contributed by atoms with Gasteiger partial charge in [0.2, 0.25) is 0 Å². The number of methoxy groups -OCH3 is 1. The molecule has 178 valence electrons. The van der Waals surface area contributed by atoms with Crippen molar-refractivity contribution in [2.75, 3.05) is 12.0 Å². The predicted molar refractivity (Wildman–Crippen MR) is 134 cm³/mol. The molecule has 10 heteroatoms. The minimum Gasteiger partial charge on any atom is -0.497 e. The van der Waals surface area contributed by atoms with E-state index in [1.165, 1.54) is 37.5 Å². The molecule has 3 aromatic rings. The lowest BCUT2D eigenvalue weighted by molar-refractivity contribution is -0.122. The van der Waals surface area contributed by atoms with Crippen LogP contribution in [0.2, 0.25) is 15.1 Å². The number of hydrogen-bond donors (Lipinski definition) is 1. The maximum absolute atomic E-state index is 13.1. The summed E-state index contributed by atoms with van der Waals surface area (Å²) in [6.45, 7) is 0.205. The fourth-order valence-corrected chi connectivity index (χ4v) is 4.07. The van der Waals surface area contributed by atoms with E-state index in [1.807, 2.05) is 12.1 Å². The number of nitrogens with zero attached hydrogens (tertiary/aromatic N) is 1. The van der Waals surface area contributed by atoms with E-state index in [0.29, 0.717) is 16.3 Å². The van der Waals surface area contributed by atoms with Crippen LogP contribution in [0.3, 0.4) is 0 Å². The average molecular weight is 532 g/mol. The largest absolute Gasteiger partial charge is 0.497 e. The van der Waals surface area contributed by atoms with Crippen LogP contribution in [0.4, 0.5) is 10.5 Å². The summed E-state index contributed by atoms with van der Waals surface area (Å²) >= 11 is 18.6. The van der Waals surface area contributed by atoms with Gasteiger partial charge in [0.1, 0.15) is 17.9 Å². The molecule has 0 bridgehead atoms. The summed E-state index contributed by atoms with van der Waals surface area (Å²) in [5, 5.41) is 3.15. The minimum atomic E-state index is -0.857. The number of nitrogens with one attached hydrogen (secondary N) is 1. The second kappa shape index (κ2) is 10.4. The van der Waals surface area contributed by atoms with E-state index in [1.54, 1.807) is 24.3 Å². The van der Waals surface area contributed by atoms with Gasteiger partial charge in [0, 0.05) is 5.02 Å². The zero-order valence-corrected chi connectivity index (χ0v) is 20.4. The highest BCUT2D eigenvalue weighted by Crippen LogP contribution is 2.36. The van der Waals surface area contributed by atoms with Crippen molar-refractivity contribution < 1.29 is 23.9 Å². The third-order valence-corrected chi connectivity index (χ3v) is 5.87. The molecule has 4 amide bonds. The van der Waals surface area contributed by atoms with E-state index >= 15 is 0 Å². The van der Waals surface area contributed by atoms with Crippen molar-refractivity contribution in [2.45, 2.75) is 6.61 Å². The fourth-order valence-electron chi connectivity index (χ4n) is 3.33. The van der Waals surface area contributed by atoms with Gasteiger partial charge in [0.15, 0.2) is 5.75 Å². The molecule has 0 radical (unpaired) electrons.